The molecule has 0 unspecified atom stereocenters. The highest BCUT2D eigenvalue weighted by Crippen LogP contribution is 1.98. The smallest absolute Gasteiger partial charge is 0.257 e. The third-order valence-corrected chi connectivity index (χ3v) is 1.46. The lowest BCUT2D eigenvalue weighted by Crippen LogP contribution is -2.38. The molecule has 0 fully saturated rings. The van der Waals surface area contributed by atoms with E-state index in [1.165, 1.54) is 6.42 Å². The maximum absolute atomic E-state index is 11.5. The third kappa shape index (κ3) is 16.0. The quantitative estimate of drug-likeness (QED) is 0.185. The van der Waals surface area contributed by atoms with E-state index in [1.807, 2.05) is 33.8 Å². The minimum atomic E-state index is -0.349. The van der Waals surface area contributed by atoms with Crippen molar-refractivity contribution < 1.29 is 4.79 Å². The van der Waals surface area contributed by atoms with Crippen LogP contribution in [0.1, 0.15) is 48.0 Å². The number of hydrazone groups is 1. The predicted molar refractivity (Wildman–Crippen MR) is 89.0 cm³/mol. The summed E-state index contributed by atoms with van der Waals surface area (Å²) in [7, 11) is 0. The molecule has 5 N–H and O–H groups in total. The van der Waals surface area contributed by atoms with Gasteiger partial charge in [0.15, 0.2) is 0 Å². The minimum absolute atomic E-state index is 0.115. The van der Waals surface area contributed by atoms with Gasteiger partial charge < -0.3 is 11.6 Å². The molecule has 0 saturated heterocycles. The molecular weight excluding hydrogens is 252 g/mol. The molecular formula is C15H30N4O. The molecule has 0 bridgehead atoms. The van der Waals surface area contributed by atoms with Crippen molar-refractivity contribution in [3.63, 3.8) is 0 Å². The fourth-order valence-electron chi connectivity index (χ4n) is 0.807. The van der Waals surface area contributed by atoms with Gasteiger partial charge in [-0.15, -0.1) is 5.10 Å². The second kappa shape index (κ2) is 19.3. The number of nitrogens with zero attached hydrogens (tertiary/aromatic N) is 1. The third-order valence-electron chi connectivity index (χ3n) is 1.46. The summed E-state index contributed by atoms with van der Waals surface area (Å²) in [6.07, 6.45) is 9.91. The summed E-state index contributed by atoms with van der Waals surface area (Å²) >= 11 is 0. The number of carbonyl (C=O) groups excluding carboxylic acids is 1. The van der Waals surface area contributed by atoms with Crippen LogP contribution >= 0.6 is 0 Å². The molecule has 0 aromatic rings. The van der Waals surface area contributed by atoms with Crippen molar-refractivity contribution >= 4 is 11.9 Å². The van der Waals surface area contributed by atoms with Crippen LogP contribution in [0.25, 0.3) is 0 Å². The minimum Gasteiger partial charge on any atom is -0.368 e. The van der Waals surface area contributed by atoms with E-state index in [4.69, 9.17) is 11.6 Å². The highest BCUT2D eigenvalue weighted by molar-refractivity contribution is 6.06. The standard InChI is InChI=1S/C10H16N4O.C3H8.C2H6/c1-3-5-7-8(6-4-2)9(15)13-10(11)14-12;1-3-2;1-2/h3-7H,12H2,1-2H3,(H3,11,13,14,15);3H2,1-2H3;1-2H3/b5-3-,6-4-,8-7+;;. The van der Waals surface area contributed by atoms with Crippen LogP contribution in [0.3, 0.4) is 0 Å². The highest BCUT2D eigenvalue weighted by Gasteiger charge is 2.05. The van der Waals surface area contributed by atoms with Crippen LogP contribution in [0.15, 0.2) is 41.1 Å². The van der Waals surface area contributed by atoms with Crippen molar-refractivity contribution in [1.82, 2.24) is 5.32 Å². The van der Waals surface area contributed by atoms with E-state index in [1.54, 1.807) is 24.3 Å². The molecule has 0 aromatic heterocycles. The van der Waals surface area contributed by atoms with Gasteiger partial charge in [0, 0.05) is 5.57 Å². The summed E-state index contributed by atoms with van der Waals surface area (Å²) in [6.45, 7) is 11.9. The lowest BCUT2D eigenvalue weighted by Gasteiger charge is -2.02. The zero-order valence-electron chi connectivity index (χ0n) is 13.6. The summed E-state index contributed by atoms with van der Waals surface area (Å²) < 4.78 is 0. The Hall–Kier alpha value is -2.04. The van der Waals surface area contributed by atoms with Gasteiger partial charge in [-0.05, 0) is 19.9 Å². The Morgan fingerprint density at radius 2 is 1.70 bits per heavy atom. The molecule has 1 amide bonds. The lowest BCUT2D eigenvalue weighted by atomic mass is 10.2. The van der Waals surface area contributed by atoms with E-state index in [9.17, 15) is 4.79 Å². The average Bonchev–Trinajstić information content (AvgIpc) is 2.46. The van der Waals surface area contributed by atoms with Crippen molar-refractivity contribution in [3.8, 4) is 0 Å². The second-order valence-electron chi connectivity index (χ2n) is 3.32. The van der Waals surface area contributed by atoms with Gasteiger partial charge >= 0.3 is 0 Å². The first-order valence-electron chi connectivity index (χ1n) is 6.87. The Bertz CT molecular complexity index is 342. The molecule has 0 heterocycles. The SMILES string of the molecule is CC.CCC.C\C=C/C=C(\C=C/C)C(=O)N/C(N)=N/N. The Kier molecular flexibility index (Phi) is 22.3. The monoisotopic (exact) mass is 282 g/mol. The summed E-state index contributed by atoms with van der Waals surface area (Å²) in [6, 6.07) is 0. The molecule has 5 heteroatoms. The van der Waals surface area contributed by atoms with Crippen molar-refractivity contribution in [2.45, 2.75) is 48.0 Å². The normalized spacial score (nSPS) is 11.5. The van der Waals surface area contributed by atoms with Crippen LogP contribution in [-0.4, -0.2) is 11.9 Å². The van der Waals surface area contributed by atoms with Gasteiger partial charge in [0.25, 0.3) is 5.91 Å². The first-order chi connectivity index (χ1) is 9.56. The van der Waals surface area contributed by atoms with Crippen molar-refractivity contribution in [2.24, 2.45) is 16.7 Å². The molecule has 0 aromatic carbocycles. The van der Waals surface area contributed by atoms with Crippen molar-refractivity contribution in [2.75, 3.05) is 0 Å². The van der Waals surface area contributed by atoms with Gasteiger partial charge in [-0.3, -0.25) is 10.1 Å². The maximum atomic E-state index is 11.5. The summed E-state index contributed by atoms with van der Waals surface area (Å²) in [5.41, 5.74) is 5.73. The number of guanidine groups is 1. The molecule has 0 aliphatic heterocycles. The summed E-state index contributed by atoms with van der Waals surface area (Å²) in [5.74, 6) is 4.43. The number of amides is 1. The van der Waals surface area contributed by atoms with E-state index in [0.29, 0.717) is 5.57 Å². The van der Waals surface area contributed by atoms with E-state index in [0.717, 1.165) is 0 Å². The first-order valence-corrected chi connectivity index (χ1v) is 6.87. The molecule has 0 atom stereocenters. The molecule has 5 nitrogen and oxygen atoms in total. The van der Waals surface area contributed by atoms with Gasteiger partial charge in [0.05, 0.1) is 0 Å². The Morgan fingerprint density at radius 3 is 2.05 bits per heavy atom. The number of hydrogen-bond acceptors (Lipinski definition) is 3. The molecule has 0 radical (unpaired) electrons. The highest BCUT2D eigenvalue weighted by atomic mass is 16.1. The molecule has 0 spiro atoms. The van der Waals surface area contributed by atoms with Gasteiger partial charge in [-0.2, -0.15) is 0 Å². The number of rotatable bonds is 3. The van der Waals surface area contributed by atoms with Crippen LogP contribution in [0.2, 0.25) is 0 Å². The number of carbonyl (C=O) groups is 1. The topological polar surface area (TPSA) is 93.5 Å². The van der Waals surface area contributed by atoms with Gasteiger partial charge in [-0.25, -0.2) is 0 Å². The maximum Gasteiger partial charge on any atom is 0.257 e. The molecule has 116 valence electrons. The fraction of sp³-hybridized carbons (Fsp3) is 0.467. The molecule has 0 aliphatic rings. The summed E-state index contributed by atoms with van der Waals surface area (Å²) in [5, 5.41) is 5.48. The zero-order valence-corrected chi connectivity index (χ0v) is 13.6. The van der Waals surface area contributed by atoms with E-state index >= 15 is 0 Å². The molecule has 20 heavy (non-hydrogen) atoms. The van der Waals surface area contributed by atoms with Crippen LogP contribution in [-0.2, 0) is 4.79 Å². The Balaban J connectivity index is -0.000000505. The van der Waals surface area contributed by atoms with Gasteiger partial charge in [0.1, 0.15) is 0 Å². The number of allylic oxidation sites excluding steroid dienone is 4. The van der Waals surface area contributed by atoms with Crippen molar-refractivity contribution in [3.05, 3.63) is 36.0 Å². The van der Waals surface area contributed by atoms with Crippen LogP contribution in [0.4, 0.5) is 0 Å². The van der Waals surface area contributed by atoms with Crippen LogP contribution in [0.5, 0.6) is 0 Å². The summed E-state index contributed by atoms with van der Waals surface area (Å²) in [4.78, 5) is 11.5. The zero-order chi connectivity index (χ0) is 16.4. The fourth-order valence-corrected chi connectivity index (χ4v) is 0.807. The Labute approximate surface area is 123 Å². The van der Waals surface area contributed by atoms with Gasteiger partial charge in [-0.1, -0.05) is 58.4 Å². The predicted octanol–water partition coefficient (Wildman–Crippen LogP) is 2.81. The first kappa shape index (κ1) is 23.1. The van der Waals surface area contributed by atoms with E-state index in [2.05, 4.69) is 24.3 Å². The number of nitrogens with one attached hydrogen (secondary N) is 1. The molecule has 0 rings (SSSR count). The van der Waals surface area contributed by atoms with Crippen LogP contribution < -0.4 is 16.9 Å². The average molecular weight is 282 g/mol. The largest absolute Gasteiger partial charge is 0.368 e. The number of nitrogens with two attached hydrogens (primary N) is 2. The van der Waals surface area contributed by atoms with Crippen molar-refractivity contribution in [1.29, 1.82) is 0 Å². The second-order valence-corrected chi connectivity index (χ2v) is 3.32. The Morgan fingerprint density at radius 1 is 1.20 bits per heavy atom. The number of hydrogen-bond donors (Lipinski definition) is 3. The van der Waals surface area contributed by atoms with E-state index in [-0.39, 0.29) is 11.9 Å². The van der Waals surface area contributed by atoms with Gasteiger partial charge in [0.2, 0.25) is 5.96 Å². The molecule has 0 saturated carbocycles. The van der Waals surface area contributed by atoms with E-state index < -0.39 is 0 Å². The van der Waals surface area contributed by atoms with Crippen LogP contribution in [0, 0.1) is 0 Å². The lowest BCUT2D eigenvalue weighted by molar-refractivity contribution is -0.115. The molecule has 0 aliphatic carbocycles.